The molecule has 1 saturated carbocycles. The van der Waals surface area contributed by atoms with Gasteiger partial charge in [-0.25, -0.2) is 0 Å². The number of hydrogen-bond donors (Lipinski definition) is 1. The van der Waals surface area contributed by atoms with E-state index in [2.05, 4.69) is 50.3 Å². The number of rotatable bonds is 2. The van der Waals surface area contributed by atoms with Crippen molar-refractivity contribution in [2.75, 3.05) is 0 Å². The monoisotopic (exact) mass is 203 g/mol. The fourth-order valence-corrected chi connectivity index (χ4v) is 0.964. The third kappa shape index (κ3) is 6.92. The van der Waals surface area contributed by atoms with Crippen LogP contribution in [0.1, 0.15) is 32.3 Å². The van der Waals surface area contributed by atoms with E-state index >= 15 is 0 Å². The van der Waals surface area contributed by atoms with Crippen LogP contribution in [-0.4, -0.2) is 6.04 Å². The SMILES string of the molecule is CC(C)/C=C\c1ccccc1.NC1CC1. The molecule has 0 spiro atoms. The molecule has 0 aliphatic heterocycles. The van der Waals surface area contributed by atoms with Gasteiger partial charge in [-0.15, -0.1) is 0 Å². The first-order valence-corrected chi connectivity index (χ1v) is 5.67. The van der Waals surface area contributed by atoms with E-state index in [9.17, 15) is 0 Å². The van der Waals surface area contributed by atoms with Crippen molar-refractivity contribution in [1.82, 2.24) is 0 Å². The van der Waals surface area contributed by atoms with E-state index in [0.29, 0.717) is 12.0 Å². The first-order chi connectivity index (χ1) is 7.18. The molecule has 1 fully saturated rings. The van der Waals surface area contributed by atoms with Gasteiger partial charge < -0.3 is 5.73 Å². The predicted molar refractivity (Wildman–Crippen MR) is 67.5 cm³/mol. The predicted octanol–water partition coefficient (Wildman–Crippen LogP) is 3.46. The van der Waals surface area contributed by atoms with Crippen LogP contribution in [0.3, 0.4) is 0 Å². The summed E-state index contributed by atoms with van der Waals surface area (Å²) >= 11 is 0. The highest BCUT2D eigenvalue weighted by molar-refractivity contribution is 5.48. The Morgan fingerprint density at radius 2 is 1.73 bits per heavy atom. The van der Waals surface area contributed by atoms with Gasteiger partial charge in [0.05, 0.1) is 0 Å². The topological polar surface area (TPSA) is 26.0 Å². The summed E-state index contributed by atoms with van der Waals surface area (Å²) in [6, 6.07) is 10.9. The van der Waals surface area contributed by atoms with Gasteiger partial charge in [-0.1, -0.05) is 56.3 Å². The van der Waals surface area contributed by atoms with Crippen LogP contribution in [-0.2, 0) is 0 Å². The van der Waals surface area contributed by atoms with Gasteiger partial charge >= 0.3 is 0 Å². The van der Waals surface area contributed by atoms with Crippen LogP contribution in [0.15, 0.2) is 36.4 Å². The molecule has 0 heterocycles. The summed E-state index contributed by atoms with van der Waals surface area (Å²) in [5, 5.41) is 0. The maximum atomic E-state index is 5.22. The van der Waals surface area contributed by atoms with Crippen LogP contribution >= 0.6 is 0 Å². The maximum absolute atomic E-state index is 5.22. The van der Waals surface area contributed by atoms with Crippen molar-refractivity contribution in [3.8, 4) is 0 Å². The number of hydrogen-bond acceptors (Lipinski definition) is 1. The Bertz CT molecular complexity index is 283. The first kappa shape index (κ1) is 12.0. The second kappa shape index (κ2) is 6.41. The van der Waals surface area contributed by atoms with E-state index in [0.717, 1.165) is 0 Å². The normalized spacial score (nSPS) is 15.2. The van der Waals surface area contributed by atoms with Crippen molar-refractivity contribution in [3.05, 3.63) is 42.0 Å². The molecule has 15 heavy (non-hydrogen) atoms. The summed E-state index contributed by atoms with van der Waals surface area (Å²) < 4.78 is 0. The van der Waals surface area contributed by atoms with E-state index in [-0.39, 0.29) is 0 Å². The molecule has 1 aliphatic rings. The van der Waals surface area contributed by atoms with Crippen molar-refractivity contribution in [1.29, 1.82) is 0 Å². The van der Waals surface area contributed by atoms with Crippen molar-refractivity contribution in [2.45, 2.75) is 32.7 Å². The van der Waals surface area contributed by atoms with Crippen molar-refractivity contribution in [2.24, 2.45) is 11.7 Å². The van der Waals surface area contributed by atoms with Gasteiger partial charge in [0.15, 0.2) is 0 Å². The Kier molecular flexibility index (Phi) is 5.13. The quantitative estimate of drug-likeness (QED) is 0.782. The van der Waals surface area contributed by atoms with Crippen LogP contribution in [0.2, 0.25) is 0 Å². The summed E-state index contributed by atoms with van der Waals surface area (Å²) in [4.78, 5) is 0. The second-order valence-electron chi connectivity index (χ2n) is 4.35. The minimum absolute atomic E-state index is 0.583. The van der Waals surface area contributed by atoms with Gasteiger partial charge in [0.2, 0.25) is 0 Å². The Balaban J connectivity index is 0.000000234. The molecule has 2 N–H and O–H groups in total. The number of nitrogens with two attached hydrogens (primary N) is 1. The molecule has 2 rings (SSSR count). The molecule has 0 aromatic heterocycles. The van der Waals surface area contributed by atoms with Crippen molar-refractivity contribution >= 4 is 6.08 Å². The minimum atomic E-state index is 0.583. The van der Waals surface area contributed by atoms with Gasteiger partial charge in [-0.2, -0.15) is 0 Å². The van der Waals surface area contributed by atoms with Gasteiger partial charge in [-0.05, 0) is 24.3 Å². The third-order valence-corrected chi connectivity index (χ3v) is 2.10. The highest BCUT2D eigenvalue weighted by atomic mass is 14.7. The summed E-state index contributed by atoms with van der Waals surface area (Å²) in [6.07, 6.45) is 6.89. The maximum Gasteiger partial charge on any atom is 0.00399 e. The van der Waals surface area contributed by atoms with Gasteiger partial charge in [0.1, 0.15) is 0 Å². The Morgan fingerprint density at radius 3 is 2.13 bits per heavy atom. The molecule has 0 atom stereocenters. The highest BCUT2D eigenvalue weighted by Crippen LogP contribution is 2.13. The van der Waals surface area contributed by atoms with Crippen LogP contribution in [0.25, 0.3) is 6.08 Å². The molecular formula is C14H21N. The zero-order chi connectivity index (χ0) is 11.1. The molecular weight excluding hydrogens is 182 g/mol. The van der Waals surface area contributed by atoms with E-state index in [1.165, 1.54) is 18.4 Å². The Morgan fingerprint density at radius 1 is 1.20 bits per heavy atom. The standard InChI is InChI=1S/C11H14.C3H7N/c1-10(2)8-9-11-6-4-3-5-7-11;4-3-1-2-3/h3-10H,1-2H3;3H,1-2,4H2/b9-8-;. The lowest BCUT2D eigenvalue weighted by Gasteiger charge is -1.93. The van der Waals surface area contributed by atoms with E-state index in [1.54, 1.807) is 0 Å². The summed E-state index contributed by atoms with van der Waals surface area (Å²) in [5.41, 5.74) is 6.50. The fourth-order valence-electron chi connectivity index (χ4n) is 0.964. The summed E-state index contributed by atoms with van der Waals surface area (Å²) in [5.74, 6) is 0.634. The highest BCUT2D eigenvalue weighted by Gasteiger charge is 2.13. The summed E-state index contributed by atoms with van der Waals surface area (Å²) in [7, 11) is 0. The van der Waals surface area contributed by atoms with Crippen molar-refractivity contribution in [3.63, 3.8) is 0 Å². The largest absolute Gasteiger partial charge is 0.328 e. The Labute approximate surface area is 93.0 Å². The third-order valence-electron chi connectivity index (χ3n) is 2.10. The van der Waals surface area contributed by atoms with Crippen LogP contribution in [0, 0.1) is 5.92 Å². The molecule has 1 aliphatic carbocycles. The average Bonchev–Trinajstić information content (AvgIpc) is 3.00. The zero-order valence-corrected chi connectivity index (χ0v) is 9.69. The van der Waals surface area contributed by atoms with E-state index in [1.807, 2.05) is 6.07 Å². The van der Waals surface area contributed by atoms with Gasteiger partial charge in [0, 0.05) is 6.04 Å². The molecule has 0 amide bonds. The zero-order valence-electron chi connectivity index (χ0n) is 9.69. The van der Waals surface area contributed by atoms with E-state index < -0.39 is 0 Å². The van der Waals surface area contributed by atoms with Gasteiger partial charge in [-0.3, -0.25) is 0 Å². The minimum Gasteiger partial charge on any atom is -0.328 e. The molecule has 1 heteroatoms. The van der Waals surface area contributed by atoms with E-state index in [4.69, 9.17) is 5.73 Å². The molecule has 82 valence electrons. The first-order valence-electron chi connectivity index (χ1n) is 5.67. The Hall–Kier alpha value is -1.08. The molecule has 0 unspecified atom stereocenters. The van der Waals surface area contributed by atoms with Gasteiger partial charge in [0.25, 0.3) is 0 Å². The van der Waals surface area contributed by atoms with Crippen LogP contribution < -0.4 is 5.73 Å². The average molecular weight is 203 g/mol. The smallest absolute Gasteiger partial charge is 0.00399 e. The van der Waals surface area contributed by atoms with Crippen LogP contribution in [0.4, 0.5) is 0 Å². The molecule has 0 radical (unpaired) electrons. The number of allylic oxidation sites excluding steroid dienone is 1. The second-order valence-corrected chi connectivity index (χ2v) is 4.35. The molecule has 0 bridgehead atoms. The molecule has 1 aromatic rings. The number of benzene rings is 1. The molecule has 1 aromatic carbocycles. The fraction of sp³-hybridized carbons (Fsp3) is 0.429. The lowest BCUT2D eigenvalue weighted by molar-refractivity contribution is 0.836. The molecule has 1 nitrogen and oxygen atoms in total. The van der Waals surface area contributed by atoms with Crippen LogP contribution in [0.5, 0.6) is 0 Å². The van der Waals surface area contributed by atoms with Crippen molar-refractivity contribution < 1.29 is 0 Å². The molecule has 0 saturated heterocycles. The summed E-state index contributed by atoms with van der Waals surface area (Å²) in [6.45, 7) is 4.36. The lowest BCUT2D eigenvalue weighted by Crippen LogP contribution is -1.94. The lowest BCUT2D eigenvalue weighted by atomic mass is 10.1.